The van der Waals surface area contributed by atoms with Crippen molar-refractivity contribution in [1.29, 1.82) is 0 Å². The van der Waals surface area contributed by atoms with E-state index in [1.165, 1.54) is 6.26 Å². The molecule has 1 heterocycles. The molecular formula is C13H13NO3. The van der Waals surface area contributed by atoms with Crippen LogP contribution >= 0.6 is 0 Å². The summed E-state index contributed by atoms with van der Waals surface area (Å²) in [6.45, 7) is 0.229. The Morgan fingerprint density at radius 2 is 2.12 bits per heavy atom. The molecule has 0 fully saturated rings. The molecule has 0 spiro atoms. The largest absolute Gasteiger partial charge is 0.446 e. The van der Waals surface area contributed by atoms with Crippen molar-refractivity contribution < 1.29 is 14.3 Å². The molecule has 0 unspecified atom stereocenters. The average Bonchev–Trinajstić information content (AvgIpc) is 2.84. The molecule has 17 heavy (non-hydrogen) atoms. The molecule has 0 aliphatic rings. The molecule has 0 atom stereocenters. The third-order valence-corrected chi connectivity index (χ3v) is 2.11. The van der Waals surface area contributed by atoms with Crippen LogP contribution < -0.4 is 4.74 Å². The number of aliphatic hydroxyl groups excluding tert-OH is 1. The molecule has 0 aliphatic heterocycles. The monoisotopic (exact) mass is 231 g/mol. The van der Waals surface area contributed by atoms with Crippen molar-refractivity contribution >= 4 is 6.08 Å². The minimum absolute atomic E-state index is 0.146. The normalized spacial score (nSPS) is 10.9. The van der Waals surface area contributed by atoms with E-state index in [1.807, 2.05) is 42.5 Å². The van der Waals surface area contributed by atoms with E-state index in [4.69, 9.17) is 14.3 Å². The maximum absolute atomic E-state index is 8.78. The zero-order valence-corrected chi connectivity index (χ0v) is 9.24. The minimum atomic E-state index is -0.146. The van der Waals surface area contributed by atoms with E-state index in [2.05, 4.69) is 4.98 Å². The lowest BCUT2D eigenvalue weighted by Crippen LogP contribution is -1.93. The smallest absolute Gasteiger partial charge is 0.394 e. The molecule has 0 aliphatic carbocycles. The van der Waals surface area contributed by atoms with Gasteiger partial charge in [-0.25, -0.2) is 0 Å². The van der Waals surface area contributed by atoms with Gasteiger partial charge in [-0.05, 0) is 11.6 Å². The van der Waals surface area contributed by atoms with E-state index in [0.717, 1.165) is 5.56 Å². The van der Waals surface area contributed by atoms with Gasteiger partial charge < -0.3 is 14.3 Å². The highest BCUT2D eigenvalue weighted by Crippen LogP contribution is 2.10. The fourth-order valence-corrected chi connectivity index (χ4v) is 1.30. The Morgan fingerprint density at radius 1 is 1.29 bits per heavy atom. The van der Waals surface area contributed by atoms with Crippen molar-refractivity contribution in [3.05, 3.63) is 53.9 Å². The Morgan fingerprint density at radius 3 is 2.82 bits per heavy atom. The molecule has 0 saturated carbocycles. The second kappa shape index (κ2) is 5.86. The maximum Gasteiger partial charge on any atom is 0.394 e. The lowest BCUT2D eigenvalue weighted by molar-refractivity contribution is 0.258. The standard InChI is InChI=1S/C13H13NO3/c15-9-12-10-17-13(14-12)16-8-4-7-11-5-2-1-3-6-11/h1-7,10,15H,8-9H2/b7-4+. The Balaban J connectivity index is 1.81. The molecule has 2 rings (SSSR count). The molecule has 0 bridgehead atoms. The molecule has 4 nitrogen and oxygen atoms in total. The highest BCUT2D eigenvalue weighted by Gasteiger charge is 2.01. The first-order valence-electron chi connectivity index (χ1n) is 5.28. The van der Waals surface area contributed by atoms with Crippen molar-refractivity contribution in [2.24, 2.45) is 0 Å². The summed E-state index contributed by atoms with van der Waals surface area (Å²) in [5, 5.41) is 8.78. The van der Waals surface area contributed by atoms with Gasteiger partial charge in [0, 0.05) is 0 Å². The third kappa shape index (κ3) is 3.46. The molecule has 0 saturated heterocycles. The molecular weight excluding hydrogens is 218 g/mol. The summed E-state index contributed by atoms with van der Waals surface area (Å²) >= 11 is 0. The molecule has 2 aromatic rings. The number of hydrogen-bond acceptors (Lipinski definition) is 4. The van der Waals surface area contributed by atoms with Crippen molar-refractivity contribution in [3.63, 3.8) is 0 Å². The molecule has 88 valence electrons. The van der Waals surface area contributed by atoms with Crippen LogP contribution in [0.2, 0.25) is 0 Å². The molecule has 1 aromatic heterocycles. The van der Waals surface area contributed by atoms with Gasteiger partial charge in [0.2, 0.25) is 0 Å². The van der Waals surface area contributed by atoms with Crippen LogP contribution in [0.5, 0.6) is 6.08 Å². The zero-order chi connectivity index (χ0) is 11.9. The van der Waals surface area contributed by atoms with Gasteiger partial charge in [0.1, 0.15) is 18.6 Å². The maximum atomic E-state index is 8.78. The van der Waals surface area contributed by atoms with Gasteiger partial charge >= 0.3 is 6.08 Å². The van der Waals surface area contributed by atoms with Crippen LogP contribution in [0, 0.1) is 0 Å². The average molecular weight is 231 g/mol. The predicted molar refractivity (Wildman–Crippen MR) is 63.4 cm³/mol. The molecule has 4 heteroatoms. The number of aromatic nitrogens is 1. The number of ether oxygens (including phenoxy) is 1. The van der Waals surface area contributed by atoms with Gasteiger partial charge in [0.25, 0.3) is 0 Å². The van der Waals surface area contributed by atoms with E-state index in [-0.39, 0.29) is 12.7 Å². The number of nitrogens with zero attached hydrogens (tertiary/aromatic N) is 1. The minimum Gasteiger partial charge on any atom is -0.446 e. The summed E-state index contributed by atoms with van der Waals surface area (Å²) in [4.78, 5) is 3.90. The van der Waals surface area contributed by atoms with E-state index >= 15 is 0 Å². The van der Waals surface area contributed by atoms with Gasteiger partial charge in [-0.15, -0.1) is 0 Å². The van der Waals surface area contributed by atoms with Crippen LogP contribution in [0.25, 0.3) is 6.08 Å². The topological polar surface area (TPSA) is 55.5 Å². The van der Waals surface area contributed by atoms with E-state index in [0.29, 0.717) is 12.3 Å². The van der Waals surface area contributed by atoms with Crippen LogP contribution in [0.3, 0.4) is 0 Å². The Kier molecular flexibility index (Phi) is 3.94. The Bertz CT molecular complexity index is 476. The summed E-state index contributed by atoms with van der Waals surface area (Å²) in [6.07, 6.45) is 5.37. The first-order chi connectivity index (χ1) is 8.38. The number of rotatable bonds is 5. The highest BCUT2D eigenvalue weighted by atomic mass is 16.6. The Labute approximate surface area is 99.2 Å². The van der Waals surface area contributed by atoms with Crippen LogP contribution in [0.15, 0.2) is 47.1 Å². The number of benzene rings is 1. The highest BCUT2D eigenvalue weighted by molar-refractivity contribution is 5.48. The molecule has 0 radical (unpaired) electrons. The molecule has 1 N–H and O–H groups in total. The predicted octanol–water partition coefficient (Wildman–Crippen LogP) is 2.26. The lowest BCUT2D eigenvalue weighted by Gasteiger charge is -1.95. The zero-order valence-electron chi connectivity index (χ0n) is 9.24. The van der Waals surface area contributed by atoms with Crippen molar-refractivity contribution in [2.45, 2.75) is 6.61 Å². The Hall–Kier alpha value is -2.07. The summed E-state index contributed by atoms with van der Waals surface area (Å²) in [5.74, 6) is 0. The number of oxazole rings is 1. The summed E-state index contributed by atoms with van der Waals surface area (Å²) in [5.41, 5.74) is 1.58. The van der Waals surface area contributed by atoms with E-state index in [1.54, 1.807) is 0 Å². The quantitative estimate of drug-likeness (QED) is 0.857. The van der Waals surface area contributed by atoms with E-state index in [9.17, 15) is 0 Å². The van der Waals surface area contributed by atoms with Gasteiger partial charge in [0.05, 0.1) is 6.61 Å². The van der Waals surface area contributed by atoms with Crippen molar-refractivity contribution in [3.8, 4) is 6.08 Å². The van der Waals surface area contributed by atoms with Gasteiger partial charge in [-0.2, -0.15) is 4.98 Å². The van der Waals surface area contributed by atoms with Crippen molar-refractivity contribution in [1.82, 2.24) is 4.98 Å². The summed E-state index contributed by atoms with van der Waals surface area (Å²) in [7, 11) is 0. The molecule has 1 aromatic carbocycles. The van der Waals surface area contributed by atoms with Gasteiger partial charge in [-0.3, -0.25) is 0 Å². The van der Waals surface area contributed by atoms with Crippen LogP contribution in [-0.4, -0.2) is 16.7 Å². The second-order valence-electron chi connectivity index (χ2n) is 3.39. The fraction of sp³-hybridized carbons (Fsp3) is 0.154. The molecule has 0 amide bonds. The lowest BCUT2D eigenvalue weighted by atomic mass is 10.2. The van der Waals surface area contributed by atoms with Gasteiger partial charge in [-0.1, -0.05) is 36.4 Å². The van der Waals surface area contributed by atoms with Crippen LogP contribution in [0.1, 0.15) is 11.3 Å². The SMILES string of the molecule is OCc1coc(OC/C=C/c2ccccc2)n1. The second-order valence-corrected chi connectivity index (χ2v) is 3.39. The van der Waals surface area contributed by atoms with Crippen molar-refractivity contribution in [2.75, 3.05) is 6.61 Å². The third-order valence-electron chi connectivity index (χ3n) is 2.11. The first kappa shape index (κ1) is 11.4. The summed E-state index contributed by atoms with van der Waals surface area (Å²) < 4.78 is 10.2. The van der Waals surface area contributed by atoms with Crippen LogP contribution in [0.4, 0.5) is 0 Å². The summed E-state index contributed by atoms with van der Waals surface area (Å²) in [6, 6.07) is 9.93. The van der Waals surface area contributed by atoms with E-state index < -0.39 is 0 Å². The van der Waals surface area contributed by atoms with Gasteiger partial charge in [0.15, 0.2) is 0 Å². The number of hydrogen-bond donors (Lipinski definition) is 1. The number of aliphatic hydroxyl groups is 1. The van der Waals surface area contributed by atoms with Crippen LogP contribution in [-0.2, 0) is 6.61 Å². The fourth-order valence-electron chi connectivity index (χ4n) is 1.30. The first-order valence-corrected chi connectivity index (χ1v) is 5.28.